The number of aryl methyl sites for hydroxylation is 1. The molecule has 2 nitrogen and oxygen atoms in total. The fourth-order valence-electron chi connectivity index (χ4n) is 2.76. The van der Waals surface area contributed by atoms with Gasteiger partial charge < -0.3 is 5.73 Å². The van der Waals surface area contributed by atoms with Crippen molar-refractivity contribution in [2.75, 3.05) is 0 Å². The maximum Gasteiger partial charge on any atom is 0.224 e. The minimum absolute atomic E-state index is 0.158. The molecule has 1 atom stereocenters. The van der Waals surface area contributed by atoms with E-state index < -0.39 is 18.2 Å². The summed E-state index contributed by atoms with van der Waals surface area (Å²) >= 11 is 0. The van der Waals surface area contributed by atoms with Crippen LogP contribution in [0.5, 0.6) is 0 Å². The predicted octanol–water partition coefficient (Wildman–Crippen LogP) is 2.59. The van der Waals surface area contributed by atoms with Crippen molar-refractivity contribution < 1.29 is 8.91 Å². The van der Waals surface area contributed by atoms with E-state index in [2.05, 4.69) is 6.07 Å². The number of amides is 1. The van der Waals surface area contributed by atoms with Gasteiger partial charge in [-0.2, -0.15) is 0 Å². The standard InChI is InChI=1S/C15H17NO/c1-9-5-6-10-8-14-11(13(10)7-9)3-2-4-12(14)15(16)17/h5-7,12H,2-4,8H2,1H3,(H2,16,17)/i4D2,12D. The first-order valence-electron chi connectivity index (χ1n) is 7.40. The molecule has 3 rings (SSSR count). The molecule has 0 aromatic heterocycles. The summed E-state index contributed by atoms with van der Waals surface area (Å²) in [6, 6.07) is 6.06. The Balaban J connectivity index is 2.21. The topological polar surface area (TPSA) is 43.1 Å². The quantitative estimate of drug-likeness (QED) is 0.791. The molecule has 0 aliphatic heterocycles. The lowest BCUT2D eigenvalue weighted by molar-refractivity contribution is -0.121. The van der Waals surface area contributed by atoms with Gasteiger partial charge in [-0.05, 0) is 54.8 Å². The van der Waals surface area contributed by atoms with E-state index in [1.54, 1.807) is 0 Å². The molecule has 0 saturated carbocycles. The zero-order chi connectivity index (χ0) is 14.7. The summed E-state index contributed by atoms with van der Waals surface area (Å²) in [6.07, 6.45) is -0.732. The lowest BCUT2D eigenvalue weighted by Crippen LogP contribution is -2.27. The van der Waals surface area contributed by atoms with Crippen LogP contribution in [0.2, 0.25) is 0 Å². The third-order valence-corrected chi connectivity index (χ3v) is 3.55. The fourth-order valence-corrected chi connectivity index (χ4v) is 2.76. The highest BCUT2D eigenvalue weighted by Crippen LogP contribution is 2.44. The molecule has 1 unspecified atom stereocenters. The molecule has 2 aliphatic rings. The molecule has 1 aromatic carbocycles. The second-order valence-electron chi connectivity index (χ2n) is 4.71. The van der Waals surface area contributed by atoms with E-state index in [9.17, 15) is 4.79 Å². The van der Waals surface area contributed by atoms with Crippen molar-refractivity contribution >= 4 is 11.5 Å². The van der Waals surface area contributed by atoms with Gasteiger partial charge in [-0.3, -0.25) is 4.79 Å². The average molecular weight is 230 g/mol. The molecule has 0 saturated heterocycles. The van der Waals surface area contributed by atoms with E-state index in [0.717, 1.165) is 22.3 Å². The van der Waals surface area contributed by atoms with Gasteiger partial charge in [0.25, 0.3) is 0 Å². The van der Waals surface area contributed by atoms with Gasteiger partial charge >= 0.3 is 0 Å². The van der Waals surface area contributed by atoms with Gasteiger partial charge in [0.05, 0.1) is 5.89 Å². The van der Waals surface area contributed by atoms with Crippen LogP contribution < -0.4 is 5.73 Å². The van der Waals surface area contributed by atoms with Gasteiger partial charge in [0.15, 0.2) is 0 Å². The van der Waals surface area contributed by atoms with Crippen LogP contribution in [-0.2, 0) is 11.2 Å². The van der Waals surface area contributed by atoms with Crippen molar-refractivity contribution in [3.8, 4) is 0 Å². The van der Waals surface area contributed by atoms with Gasteiger partial charge in [-0.25, -0.2) is 0 Å². The van der Waals surface area contributed by atoms with Crippen molar-refractivity contribution in [1.29, 1.82) is 0 Å². The van der Waals surface area contributed by atoms with Crippen LogP contribution >= 0.6 is 0 Å². The predicted molar refractivity (Wildman–Crippen MR) is 68.3 cm³/mol. The number of carbonyl (C=O) groups is 1. The van der Waals surface area contributed by atoms with E-state index in [0.29, 0.717) is 18.4 Å². The van der Waals surface area contributed by atoms with Crippen LogP contribution in [0.4, 0.5) is 0 Å². The van der Waals surface area contributed by atoms with Crippen LogP contribution in [0.1, 0.15) is 40.0 Å². The van der Waals surface area contributed by atoms with Crippen molar-refractivity contribution in [2.45, 2.75) is 32.6 Å². The smallest absolute Gasteiger partial charge is 0.224 e. The van der Waals surface area contributed by atoms with Crippen molar-refractivity contribution in [3.63, 3.8) is 0 Å². The minimum Gasteiger partial charge on any atom is -0.369 e. The Kier molecular flexibility index (Phi) is 1.69. The van der Waals surface area contributed by atoms with Gasteiger partial charge in [0.2, 0.25) is 5.91 Å². The molecule has 0 bridgehead atoms. The third-order valence-electron chi connectivity index (χ3n) is 3.55. The van der Waals surface area contributed by atoms with Gasteiger partial charge in [-0.15, -0.1) is 0 Å². The Morgan fingerprint density at radius 2 is 2.41 bits per heavy atom. The van der Waals surface area contributed by atoms with E-state index in [1.165, 1.54) is 0 Å². The minimum atomic E-state index is -1.95. The number of hydrogen-bond donors (Lipinski definition) is 1. The number of carbonyl (C=O) groups excluding carboxylic acids is 1. The Morgan fingerprint density at radius 1 is 1.59 bits per heavy atom. The highest BCUT2D eigenvalue weighted by atomic mass is 16.1. The van der Waals surface area contributed by atoms with Crippen molar-refractivity contribution in [3.05, 3.63) is 40.5 Å². The number of nitrogens with two attached hydrogens (primary N) is 1. The lowest BCUT2D eigenvalue weighted by atomic mass is 9.82. The summed E-state index contributed by atoms with van der Waals surface area (Å²) in [4.78, 5) is 11.8. The van der Waals surface area contributed by atoms with E-state index in [4.69, 9.17) is 9.85 Å². The van der Waals surface area contributed by atoms with Gasteiger partial charge in [0.1, 0.15) is 0 Å². The normalized spacial score (nSPS) is 32.2. The highest BCUT2D eigenvalue weighted by Gasteiger charge is 2.32. The van der Waals surface area contributed by atoms with Crippen LogP contribution in [0.3, 0.4) is 0 Å². The number of hydrogen-bond acceptors (Lipinski definition) is 1. The molecule has 0 heterocycles. The number of fused-ring (bicyclic) bond motifs is 2. The van der Waals surface area contributed by atoms with Crippen LogP contribution in [0.15, 0.2) is 23.8 Å². The Bertz CT molecular complexity index is 651. The summed E-state index contributed by atoms with van der Waals surface area (Å²) < 4.78 is 24.5. The second-order valence-corrected chi connectivity index (χ2v) is 4.71. The van der Waals surface area contributed by atoms with E-state index in [1.807, 2.05) is 19.1 Å². The maximum absolute atomic E-state index is 11.8. The molecular formula is C15H17NO. The van der Waals surface area contributed by atoms with E-state index in [-0.39, 0.29) is 6.42 Å². The zero-order valence-corrected chi connectivity index (χ0v) is 9.84. The fraction of sp³-hybridized carbons (Fsp3) is 0.400. The lowest BCUT2D eigenvalue weighted by Gasteiger charge is -2.22. The Labute approximate surface area is 106 Å². The number of rotatable bonds is 1. The number of benzene rings is 1. The maximum atomic E-state index is 11.8. The molecule has 0 spiro atoms. The summed E-state index contributed by atoms with van der Waals surface area (Å²) in [5.41, 5.74) is 10.2. The van der Waals surface area contributed by atoms with Gasteiger partial charge in [0, 0.05) is 4.11 Å². The molecule has 1 amide bonds. The first-order valence-corrected chi connectivity index (χ1v) is 5.90. The molecule has 0 fully saturated rings. The molecule has 17 heavy (non-hydrogen) atoms. The molecular weight excluding hydrogens is 210 g/mol. The summed E-state index contributed by atoms with van der Waals surface area (Å²) in [5.74, 6) is -2.84. The van der Waals surface area contributed by atoms with E-state index >= 15 is 0 Å². The van der Waals surface area contributed by atoms with Crippen molar-refractivity contribution in [2.24, 2.45) is 11.6 Å². The Hall–Kier alpha value is -1.57. The SMILES string of the molecule is [2H]C1([2H])CCC2=C(Cc3ccc(C)cc32)C1([2H])C(N)=O. The third kappa shape index (κ3) is 1.59. The monoisotopic (exact) mass is 230 g/mol. The first-order chi connectivity index (χ1) is 9.27. The summed E-state index contributed by atoms with van der Waals surface area (Å²) in [5, 5.41) is 0. The zero-order valence-electron chi connectivity index (χ0n) is 12.8. The highest BCUT2D eigenvalue weighted by molar-refractivity contribution is 5.87. The molecule has 2 N–H and O–H groups in total. The largest absolute Gasteiger partial charge is 0.369 e. The van der Waals surface area contributed by atoms with Crippen molar-refractivity contribution in [1.82, 2.24) is 0 Å². The number of primary amides is 1. The van der Waals surface area contributed by atoms with Crippen LogP contribution in [0.25, 0.3) is 5.57 Å². The molecule has 2 aliphatic carbocycles. The Morgan fingerprint density at radius 3 is 3.18 bits per heavy atom. The average Bonchev–Trinajstić information content (AvgIpc) is 2.72. The molecule has 0 radical (unpaired) electrons. The summed E-state index contributed by atoms with van der Waals surface area (Å²) in [6.45, 7) is 2.00. The van der Waals surface area contributed by atoms with Crippen LogP contribution in [-0.4, -0.2) is 5.91 Å². The van der Waals surface area contributed by atoms with Crippen LogP contribution in [0, 0.1) is 12.8 Å². The molecule has 88 valence electrons. The molecule has 1 aromatic rings. The molecule has 2 heteroatoms. The first kappa shape index (κ1) is 7.70. The van der Waals surface area contributed by atoms with Gasteiger partial charge in [-0.1, -0.05) is 23.8 Å². The second kappa shape index (κ2) is 3.73. The number of allylic oxidation sites excluding steroid dienone is 1. The summed E-state index contributed by atoms with van der Waals surface area (Å²) in [7, 11) is 0.